The Morgan fingerprint density at radius 3 is 2.77 bits per heavy atom. The number of carbonyl (C=O) groups is 1. The molecule has 0 saturated carbocycles. The number of rotatable bonds is 4. The molecule has 1 amide bonds. The van der Waals surface area contributed by atoms with E-state index in [1.54, 1.807) is 24.3 Å². The molecule has 0 fully saturated rings. The van der Waals surface area contributed by atoms with Crippen molar-refractivity contribution >= 4 is 5.91 Å². The van der Waals surface area contributed by atoms with Crippen molar-refractivity contribution in [3.8, 4) is 5.75 Å². The van der Waals surface area contributed by atoms with E-state index in [0.717, 1.165) is 0 Å². The summed E-state index contributed by atoms with van der Waals surface area (Å²) in [4.78, 5) is 10.9. The molecule has 0 aliphatic carbocycles. The largest absolute Gasteiger partial charge is 0.493 e. The zero-order valence-electron chi connectivity index (χ0n) is 7.32. The number of nitrogens with two attached hydrogens (primary N) is 1. The molecular formula is C10H12NO2. The number of hydrogen-bond acceptors (Lipinski definition) is 2. The lowest BCUT2D eigenvalue weighted by Gasteiger charge is -2.07. The van der Waals surface area contributed by atoms with Crippen LogP contribution in [0.4, 0.5) is 0 Å². The molecule has 0 saturated heterocycles. The molecule has 0 bridgehead atoms. The third kappa shape index (κ3) is 2.47. The highest BCUT2D eigenvalue weighted by Crippen LogP contribution is 2.16. The van der Waals surface area contributed by atoms with Gasteiger partial charge >= 0.3 is 0 Å². The number of para-hydroxylation sites is 1. The Labute approximate surface area is 77.5 Å². The van der Waals surface area contributed by atoms with Gasteiger partial charge in [0.2, 0.25) is 0 Å². The number of amides is 1. The molecule has 0 unspecified atom stereocenters. The van der Waals surface area contributed by atoms with Crippen LogP contribution >= 0.6 is 0 Å². The van der Waals surface area contributed by atoms with Crippen LogP contribution in [0.1, 0.15) is 16.8 Å². The average molecular weight is 178 g/mol. The fourth-order valence-electron chi connectivity index (χ4n) is 0.978. The number of carbonyl (C=O) groups excluding carboxylic acids is 1. The summed E-state index contributed by atoms with van der Waals surface area (Å²) in [5.41, 5.74) is 5.56. The van der Waals surface area contributed by atoms with Gasteiger partial charge in [0.1, 0.15) is 5.75 Å². The second-order valence-electron chi connectivity index (χ2n) is 2.56. The van der Waals surface area contributed by atoms with Gasteiger partial charge < -0.3 is 10.5 Å². The molecule has 0 aliphatic heterocycles. The Morgan fingerprint density at radius 1 is 1.46 bits per heavy atom. The van der Waals surface area contributed by atoms with E-state index in [1.165, 1.54) is 0 Å². The summed E-state index contributed by atoms with van der Waals surface area (Å²) >= 11 is 0. The molecule has 1 aromatic carbocycles. The van der Waals surface area contributed by atoms with Crippen LogP contribution in [0.2, 0.25) is 0 Å². The normalized spacial score (nSPS) is 9.62. The van der Waals surface area contributed by atoms with Gasteiger partial charge in [-0.1, -0.05) is 12.1 Å². The SMILES string of the molecule is [CH2]CCOc1ccccc1C(N)=O. The smallest absolute Gasteiger partial charge is 0.252 e. The zero-order valence-corrected chi connectivity index (χ0v) is 7.32. The Hall–Kier alpha value is -1.51. The molecule has 0 spiro atoms. The first-order valence-electron chi connectivity index (χ1n) is 4.06. The Bertz CT molecular complexity index is 297. The molecule has 1 radical (unpaired) electrons. The van der Waals surface area contributed by atoms with Crippen molar-refractivity contribution in [2.75, 3.05) is 6.61 Å². The van der Waals surface area contributed by atoms with Gasteiger partial charge in [-0.15, -0.1) is 0 Å². The van der Waals surface area contributed by atoms with Gasteiger partial charge in [-0.2, -0.15) is 0 Å². The van der Waals surface area contributed by atoms with Crippen LogP contribution in [0, 0.1) is 6.92 Å². The maximum Gasteiger partial charge on any atom is 0.252 e. The molecule has 3 nitrogen and oxygen atoms in total. The van der Waals surface area contributed by atoms with Crippen molar-refractivity contribution in [1.82, 2.24) is 0 Å². The van der Waals surface area contributed by atoms with E-state index >= 15 is 0 Å². The van der Waals surface area contributed by atoms with Crippen molar-refractivity contribution in [2.45, 2.75) is 6.42 Å². The third-order valence-corrected chi connectivity index (χ3v) is 1.55. The quantitative estimate of drug-likeness (QED) is 0.757. The van der Waals surface area contributed by atoms with Crippen molar-refractivity contribution in [2.24, 2.45) is 5.73 Å². The summed E-state index contributed by atoms with van der Waals surface area (Å²) in [5, 5.41) is 0. The molecule has 3 heteroatoms. The van der Waals surface area contributed by atoms with E-state index < -0.39 is 5.91 Å². The fourth-order valence-corrected chi connectivity index (χ4v) is 0.978. The second-order valence-corrected chi connectivity index (χ2v) is 2.56. The first-order valence-corrected chi connectivity index (χ1v) is 4.06. The molecule has 0 heterocycles. The standard InChI is InChI=1S/C10H12NO2/c1-2-7-13-9-6-4-3-5-8(9)10(11)12/h3-6H,1-2,7H2,(H2,11,12). The first-order chi connectivity index (χ1) is 6.25. The highest BCUT2D eigenvalue weighted by Gasteiger charge is 2.06. The lowest BCUT2D eigenvalue weighted by Crippen LogP contribution is -2.13. The molecular weight excluding hydrogens is 166 g/mol. The minimum Gasteiger partial charge on any atom is -0.493 e. The average Bonchev–Trinajstić information content (AvgIpc) is 2.15. The van der Waals surface area contributed by atoms with E-state index in [1.807, 2.05) is 0 Å². The minimum absolute atomic E-state index is 0.413. The summed E-state index contributed by atoms with van der Waals surface area (Å²) in [6.45, 7) is 4.12. The van der Waals surface area contributed by atoms with E-state index in [2.05, 4.69) is 6.92 Å². The lowest BCUT2D eigenvalue weighted by atomic mass is 10.2. The van der Waals surface area contributed by atoms with Gasteiger partial charge in [-0.05, 0) is 25.5 Å². The molecule has 0 aromatic heterocycles. The maximum absolute atomic E-state index is 10.9. The van der Waals surface area contributed by atoms with Gasteiger partial charge in [0.15, 0.2) is 0 Å². The monoisotopic (exact) mass is 178 g/mol. The minimum atomic E-state index is -0.473. The zero-order chi connectivity index (χ0) is 9.68. The first kappa shape index (κ1) is 9.58. The van der Waals surface area contributed by atoms with Crippen LogP contribution in [0.15, 0.2) is 24.3 Å². The molecule has 2 N–H and O–H groups in total. The Morgan fingerprint density at radius 2 is 2.15 bits per heavy atom. The molecule has 1 rings (SSSR count). The number of benzene rings is 1. The summed E-state index contributed by atoms with van der Waals surface area (Å²) in [6.07, 6.45) is 0.660. The van der Waals surface area contributed by atoms with Gasteiger partial charge in [0.05, 0.1) is 12.2 Å². The number of hydrogen-bond donors (Lipinski definition) is 1. The second kappa shape index (κ2) is 4.50. The van der Waals surface area contributed by atoms with Crippen LogP contribution in [0.5, 0.6) is 5.75 Å². The van der Waals surface area contributed by atoms with Crippen molar-refractivity contribution < 1.29 is 9.53 Å². The highest BCUT2D eigenvalue weighted by molar-refractivity contribution is 5.95. The Balaban J connectivity index is 2.84. The van der Waals surface area contributed by atoms with Crippen LogP contribution < -0.4 is 10.5 Å². The fraction of sp³-hybridized carbons (Fsp3) is 0.200. The molecule has 69 valence electrons. The van der Waals surface area contributed by atoms with Crippen molar-refractivity contribution in [3.05, 3.63) is 36.8 Å². The molecule has 13 heavy (non-hydrogen) atoms. The third-order valence-electron chi connectivity index (χ3n) is 1.55. The molecule has 0 aliphatic rings. The van der Waals surface area contributed by atoms with Crippen molar-refractivity contribution in [3.63, 3.8) is 0 Å². The predicted molar refractivity (Wildman–Crippen MR) is 50.4 cm³/mol. The summed E-state index contributed by atoms with van der Waals surface area (Å²) in [6, 6.07) is 6.90. The number of primary amides is 1. The summed E-state index contributed by atoms with van der Waals surface area (Å²) < 4.78 is 5.28. The van der Waals surface area contributed by atoms with Gasteiger partial charge in [0.25, 0.3) is 5.91 Å². The van der Waals surface area contributed by atoms with Crippen LogP contribution in [0.3, 0.4) is 0 Å². The highest BCUT2D eigenvalue weighted by atomic mass is 16.5. The summed E-state index contributed by atoms with van der Waals surface area (Å²) in [7, 11) is 0. The Kier molecular flexibility index (Phi) is 3.31. The lowest BCUT2D eigenvalue weighted by molar-refractivity contribution is 0.0996. The van der Waals surface area contributed by atoms with E-state index in [-0.39, 0.29) is 0 Å². The van der Waals surface area contributed by atoms with Crippen molar-refractivity contribution in [1.29, 1.82) is 0 Å². The van der Waals surface area contributed by atoms with E-state index in [9.17, 15) is 4.79 Å². The van der Waals surface area contributed by atoms with Gasteiger partial charge in [-0.3, -0.25) is 4.79 Å². The predicted octanol–water partition coefficient (Wildman–Crippen LogP) is 1.39. The van der Waals surface area contributed by atoms with Crippen LogP contribution in [-0.2, 0) is 0 Å². The molecule has 0 atom stereocenters. The van der Waals surface area contributed by atoms with E-state index in [0.29, 0.717) is 24.3 Å². The van der Waals surface area contributed by atoms with Crippen LogP contribution in [-0.4, -0.2) is 12.5 Å². The molecule has 1 aromatic rings. The number of ether oxygens (including phenoxy) is 1. The van der Waals surface area contributed by atoms with E-state index in [4.69, 9.17) is 10.5 Å². The maximum atomic E-state index is 10.9. The topological polar surface area (TPSA) is 52.3 Å². The van der Waals surface area contributed by atoms with Crippen LogP contribution in [0.25, 0.3) is 0 Å². The van der Waals surface area contributed by atoms with Gasteiger partial charge in [-0.25, -0.2) is 0 Å². The van der Waals surface area contributed by atoms with Gasteiger partial charge in [0, 0.05) is 0 Å². The summed E-state index contributed by atoms with van der Waals surface area (Å²) in [5.74, 6) is 0.0540.